The van der Waals surface area contributed by atoms with Gasteiger partial charge >= 0.3 is 5.97 Å². The Balaban J connectivity index is 1.59. The van der Waals surface area contributed by atoms with Crippen LogP contribution >= 0.6 is 0 Å². The molecule has 1 aliphatic carbocycles. The van der Waals surface area contributed by atoms with Crippen molar-refractivity contribution < 1.29 is 9.53 Å². The quantitative estimate of drug-likeness (QED) is 0.435. The number of aryl methyl sites for hydroxylation is 1. The van der Waals surface area contributed by atoms with Gasteiger partial charge in [-0.2, -0.15) is 0 Å². The number of guanidine groups is 1. The van der Waals surface area contributed by atoms with Crippen LogP contribution in [0.1, 0.15) is 58.2 Å². The molecule has 3 rings (SSSR count). The molecule has 0 radical (unpaired) electrons. The minimum atomic E-state index is -0.0518. The van der Waals surface area contributed by atoms with Gasteiger partial charge in [0, 0.05) is 32.1 Å². The summed E-state index contributed by atoms with van der Waals surface area (Å²) in [6.45, 7) is 7.57. The number of nitrogens with zero attached hydrogens (tertiary/aromatic N) is 5. The Kier molecular flexibility index (Phi) is 7.68. The van der Waals surface area contributed by atoms with Gasteiger partial charge in [-0.15, -0.1) is 10.2 Å². The van der Waals surface area contributed by atoms with E-state index in [1.54, 1.807) is 6.33 Å². The van der Waals surface area contributed by atoms with Crippen molar-refractivity contribution in [2.45, 2.75) is 71.4 Å². The maximum atomic E-state index is 12.0. The van der Waals surface area contributed by atoms with Gasteiger partial charge in [0.1, 0.15) is 12.2 Å². The molecule has 0 amide bonds. The van der Waals surface area contributed by atoms with Gasteiger partial charge in [0.05, 0.1) is 19.1 Å². The van der Waals surface area contributed by atoms with E-state index in [1.165, 1.54) is 25.7 Å². The van der Waals surface area contributed by atoms with Gasteiger partial charge in [-0.05, 0) is 32.6 Å². The number of nitrogens with one attached hydrogen (secondary N) is 1. The van der Waals surface area contributed by atoms with E-state index >= 15 is 0 Å². The van der Waals surface area contributed by atoms with Crippen LogP contribution in [0, 0.1) is 5.92 Å². The van der Waals surface area contributed by atoms with Gasteiger partial charge in [-0.3, -0.25) is 9.79 Å². The summed E-state index contributed by atoms with van der Waals surface area (Å²) in [7, 11) is 0. The summed E-state index contributed by atoms with van der Waals surface area (Å²) in [6, 6.07) is 0.516. The summed E-state index contributed by atoms with van der Waals surface area (Å²) in [4.78, 5) is 19.2. The van der Waals surface area contributed by atoms with E-state index in [2.05, 4.69) is 31.9 Å². The summed E-state index contributed by atoms with van der Waals surface area (Å²) >= 11 is 0. The lowest BCUT2D eigenvalue weighted by Crippen LogP contribution is -2.49. The first-order valence-corrected chi connectivity index (χ1v) is 10.8. The third-order valence-corrected chi connectivity index (χ3v) is 5.72. The molecule has 2 fully saturated rings. The highest BCUT2D eigenvalue weighted by Crippen LogP contribution is 2.21. The normalized spacial score (nSPS) is 19.2. The largest absolute Gasteiger partial charge is 0.466 e. The Morgan fingerprint density at radius 1 is 1.25 bits per heavy atom. The molecule has 1 N–H and O–H groups in total. The van der Waals surface area contributed by atoms with Crippen LogP contribution in [-0.4, -0.2) is 63.9 Å². The average molecular weight is 391 g/mol. The number of carbonyl (C=O) groups is 1. The molecule has 2 aliphatic rings. The van der Waals surface area contributed by atoms with Crippen LogP contribution in [0.25, 0.3) is 0 Å². The molecule has 0 aromatic carbocycles. The molecule has 0 bridgehead atoms. The molecule has 0 atom stereocenters. The Labute approximate surface area is 167 Å². The highest BCUT2D eigenvalue weighted by Gasteiger charge is 2.28. The zero-order valence-electron chi connectivity index (χ0n) is 17.3. The number of carbonyl (C=O) groups excluding carboxylic acids is 1. The molecular weight excluding hydrogens is 356 g/mol. The van der Waals surface area contributed by atoms with Gasteiger partial charge in [0.15, 0.2) is 5.96 Å². The summed E-state index contributed by atoms with van der Waals surface area (Å²) in [6.07, 6.45) is 9.31. The average Bonchev–Trinajstić information content (AvgIpc) is 3.39. The fourth-order valence-electron chi connectivity index (χ4n) is 4.08. The third kappa shape index (κ3) is 5.45. The van der Waals surface area contributed by atoms with Crippen molar-refractivity contribution in [2.75, 3.05) is 26.2 Å². The van der Waals surface area contributed by atoms with Crippen molar-refractivity contribution in [3.8, 4) is 0 Å². The van der Waals surface area contributed by atoms with Gasteiger partial charge in [-0.25, -0.2) is 0 Å². The van der Waals surface area contributed by atoms with E-state index in [-0.39, 0.29) is 11.9 Å². The molecule has 1 saturated heterocycles. The predicted molar refractivity (Wildman–Crippen MR) is 108 cm³/mol. The summed E-state index contributed by atoms with van der Waals surface area (Å²) in [5.74, 6) is 1.95. The third-order valence-electron chi connectivity index (χ3n) is 5.72. The number of ether oxygens (including phenoxy) is 1. The van der Waals surface area contributed by atoms with Crippen LogP contribution in [0.5, 0.6) is 0 Å². The number of likely N-dealkylation sites (tertiary alicyclic amines) is 1. The number of esters is 1. The predicted octanol–water partition coefficient (Wildman–Crippen LogP) is 2.00. The summed E-state index contributed by atoms with van der Waals surface area (Å²) in [5, 5.41) is 11.8. The minimum Gasteiger partial charge on any atom is -0.466 e. The fraction of sp³-hybridized carbons (Fsp3) is 0.800. The Morgan fingerprint density at radius 2 is 2.00 bits per heavy atom. The van der Waals surface area contributed by atoms with Crippen molar-refractivity contribution in [2.24, 2.45) is 10.9 Å². The number of hydrogen-bond donors (Lipinski definition) is 1. The Morgan fingerprint density at radius 3 is 2.68 bits per heavy atom. The van der Waals surface area contributed by atoms with Crippen molar-refractivity contribution in [3.63, 3.8) is 0 Å². The Bertz CT molecular complexity index is 645. The van der Waals surface area contributed by atoms with Crippen LogP contribution in [0.2, 0.25) is 0 Å². The molecule has 156 valence electrons. The molecule has 8 heteroatoms. The first kappa shape index (κ1) is 20.6. The first-order valence-electron chi connectivity index (χ1n) is 10.8. The SMILES string of the molecule is CCOC(=O)C1CCN(C(=NCCn2cnnc2CC)NC2CCCC2)CC1. The lowest BCUT2D eigenvalue weighted by molar-refractivity contribution is -0.149. The smallest absolute Gasteiger partial charge is 0.309 e. The zero-order valence-corrected chi connectivity index (χ0v) is 17.3. The minimum absolute atomic E-state index is 0.0214. The topological polar surface area (TPSA) is 84.6 Å². The van der Waals surface area contributed by atoms with Crippen LogP contribution < -0.4 is 5.32 Å². The number of aromatic nitrogens is 3. The molecule has 1 aromatic heterocycles. The molecule has 1 aliphatic heterocycles. The maximum Gasteiger partial charge on any atom is 0.309 e. The van der Waals surface area contributed by atoms with Gasteiger partial charge in [0.25, 0.3) is 0 Å². The van der Waals surface area contributed by atoms with Gasteiger partial charge in [0.2, 0.25) is 0 Å². The Hall–Kier alpha value is -2.12. The van der Waals surface area contributed by atoms with E-state index in [1.807, 2.05) is 6.92 Å². The second-order valence-electron chi connectivity index (χ2n) is 7.64. The lowest BCUT2D eigenvalue weighted by atomic mass is 9.97. The number of piperidine rings is 1. The summed E-state index contributed by atoms with van der Waals surface area (Å²) < 4.78 is 7.27. The van der Waals surface area contributed by atoms with Crippen LogP contribution in [0.4, 0.5) is 0 Å². The van der Waals surface area contributed by atoms with E-state index < -0.39 is 0 Å². The number of hydrogen-bond acceptors (Lipinski definition) is 5. The second kappa shape index (κ2) is 10.4. The molecule has 1 aromatic rings. The monoisotopic (exact) mass is 390 g/mol. The second-order valence-corrected chi connectivity index (χ2v) is 7.64. The van der Waals surface area contributed by atoms with Crippen molar-refractivity contribution in [1.82, 2.24) is 25.0 Å². The maximum absolute atomic E-state index is 12.0. The van der Waals surface area contributed by atoms with Crippen molar-refractivity contribution in [3.05, 3.63) is 12.2 Å². The molecule has 0 unspecified atom stereocenters. The molecule has 0 spiro atoms. The zero-order chi connectivity index (χ0) is 19.8. The van der Waals surface area contributed by atoms with Crippen LogP contribution in [0.15, 0.2) is 11.3 Å². The van der Waals surface area contributed by atoms with E-state index in [4.69, 9.17) is 9.73 Å². The van der Waals surface area contributed by atoms with Crippen molar-refractivity contribution in [1.29, 1.82) is 0 Å². The van der Waals surface area contributed by atoms with E-state index in [0.717, 1.165) is 50.7 Å². The molecule has 1 saturated carbocycles. The fourth-order valence-corrected chi connectivity index (χ4v) is 4.08. The lowest BCUT2D eigenvalue weighted by Gasteiger charge is -2.34. The van der Waals surface area contributed by atoms with Crippen LogP contribution in [0.3, 0.4) is 0 Å². The van der Waals surface area contributed by atoms with Crippen LogP contribution in [-0.2, 0) is 22.5 Å². The van der Waals surface area contributed by atoms with E-state index in [0.29, 0.717) is 19.2 Å². The van der Waals surface area contributed by atoms with Gasteiger partial charge < -0.3 is 19.5 Å². The van der Waals surface area contributed by atoms with E-state index in [9.17, 15) is 4.79 Å². The number of rotatable bonds is 7. The van der Waals surface area contributed by atoms with Gasteiger partial charge in [-0.1, -0.05) is 19.8 Å². The molecule has 28 heavy (non-hydrogen) atoms. The standard InChI is InChI=1S/C20H34N6O2/c1-3-18-24-22-15-26(18)14-11-21-20(23-17-7-5-6-8-17)25-12-9-16(10-13-25)19(27)28-4-2/h15-17H,3-14H2,1-2H3,(H,21,23). The highest BCUT2D eigenvalue weighted by atomic mass is 16.5. The molecule has 8 nitrogen and oxygen atoms in total. The molecule has 2 heterocycles. The molecular formula is C20H34N6O2. The summed E-state index contributed by atoms with van der Waals surface area (Å²) in [5.41, 5.74) is 0. The first-order chi connectivity index (χ1) is 13.7. The van der Waals surface area contributed by atoms with Crippen molar-refractivity contribution >= 4 is 11.9 Å². The number of aliphatic imine (C=N–C) groups is 1. The highest BCUT2D eigenvalue weighted by molar-refractivity contribution is 5.81.